The van der Waals surface area contributed by atoms with Gasteiger partial charge in [-0.1, -0.05) is 40.0 Å². The van der Waals surface area contributed by atoms with E-state index in [0.717, 1.165) is 37.0 Å². The van der Waals surface area contributed by atoms with Crippen LogP contribution in [0.3, 0.4) is 0 Å². The molecule has 1 aliphatic carbocycles. The zero-order valence-corrected chi connectivity index (χ0v) is 15.4. The van der Waals surface area contributed by atoms with Gasteiger partial charge in [-0.2, -0.15) is 0 Å². The van der Waals surface area contributed by atoms with E-state index >= 15 is 0 Å². The molecule has 134 valence electrons. The summed E-state index contributed by atoms with van der Waals surface area (Å²) in [4.78, 5) is 24.5. The topological polar surface area (TPSA) is 68.5 Å². The number of hydrogen-bond donors (Lipinski definition) is 1. The van der Waals surface area contributed by atoms with Crippen molar-refractivity contribution in [1.29, 1.82) is 0 Å². The minimum atomic E-state index is -0.831. The van der Waals surface area contributed by atoms with Gasteiger partial charge in [-0.05, 0) is 32.8 Å². The van der Waals surface area contributed by atoms with Crippen LogP contribution in [0.1, 0.15) is 81.7 Å². The van der Waals surface area contributed by atoms with E-state index < -0.39 is 12.1 Å². The number of hydrogen-bond acceptors (Lipinski definition) is 4. The molecule has 1 heterocycles. The van der Waals surface area contributed by atoms with E-state index in [1.165, 1.54) is 6.42 Å². The monoisotopic (exact) mass is 335 g/mol. The number of carbonyl (C=O) groups excluding carboxylic acids is 2. The van der Waals surface area contributed by atoms with Gasteiger partial charge in [-0.3, -0.25) is 4.79 Å². The minimum absolute atomic E-state index is 0.178. The maximum Gasteiger partial charge on any atom is 0.375 e. The van der Waals surface area contributed by atoms with E-state index in [9.17, 15) is 9.59 Å². The van der Waals surface area contributed by atoms with Crippen molar-refractivity contribution < 1.29 is 18.7 Å². The van der Waals surface area contributed by atoms with Crippen molar-refractivity contribution in [1.82, 2.24) is 5.32 Å². The lowest BCUT2D eigenvalue weighted by atomic mass is 9.93. The van der Waals surface area contributed by atoms with Crippen LogP contribution in [0.2, 0.25) is 0 Å². The molecule has 0 unspecified atom stereocenters. The van der Waals surface area contributed by atoms with Crippen LogP contribution in [0.4, 0.5) is 0 Å². The van der Waals surface area contributed by atoms with Gasteiger partial charge < -0.3 is 14.5 Å². The summed E-state index contributed by atoms with van der Waals surface area (Å²) < 4.78 is 11.0. The summed E-state index contributed by atoms with van der Waals surface area (Å²) in [6, 6.07) is 2.05. The highest BCUT2D eigenvalue weighted by Gasteiger charge is 2.27. The molecule has 1 saturated carbocycles. The van der Waals surface area contributed by atoms with Crippen LogP contribution in [0, 0.1) is 6.92 Å². The van der Waals surface area contributed by atoms with Gasteiger partial charge in [0.1, 0.15) is 5.76 Å². The highest BCUT2D eigenvalue weighted by atomic mass is 16.6. The van der Waals surface area contributed by atoms with Crippen LogP contribution >= 0.6 is 0 Å². The molecule has 1 amide bonds. The molecule has 0 aromatic carbocycles. The van der Waals surface area contributed by atoms with Crippen LogP contribution in [0.15, 0.2) is 10.5 Å². The number of nitrogens with one attached hydrogen (secondary N) is 1. The zero-order chi connectivity index (χ0) is 17.9. The molecule has 0 bridgehead atoms. The Bertz CT molecular complexity index is 591. The van der Waals surface area contributed by atoms with Crippen molar-refractivity contribution in [2.24, 2.45) is 0 Å². The summed E-state index contributed by atoms with van der Waals surface area (Å²) in [6.07, 6.45) is 4.67. The van der Waals surface area contributed by atoms with Crippen molar-refractivity contribution in [3.8, 4) is 0 Å². The average molecular weight is 335 g/mol. The molecule has 1 atom stereocenters. The van der Waals surface area contributed by atoms with Crippen LogP contribution in [0.5, 0.6) is 0 Å². The first-order valence-electron chi connectivity index (χ1n) is 8.80. The number of carbonyl (C=O) groups is 2. The second-order valence-corrected chi connectivity index (χ2v) is 7.76. The quantitative estimate of drug-likeness (QED) is 0.848. The summed E-state index contributed by atoms with van der Waals surface area (Å²) in [5, 5.41) is 2.97. The standard InChI is InChI=1S/C19H29NO4/c1-12-11-15(19(3,4)5)24-16(12)18(22)23-13(2)17(21)20-14-9-7-6-8-10-14/h11,13-14H,6-10H2,1-5H3,(H,20,21)/t13-/m0/s1. The molecule has 2 rings (SSSR count). The van der Waals surface area contributed by atoms with Crippen molar-refractivity contribution >= 4 is 11.9 Å². The van der Waals surface area contributed by atoms with E-state index in [1.54, 1.807) is 6.92 Å². The lowest BCUT2D eigenvalue weighted by molar-refractivity contribution is -0.130. The molecule has 1 aromatic rings. The Morgan fingerprint density at radius 3 is 2.42 bits per heavy atom. The first kappa shape index (κ1) is 18.6. The molecule has 0 saturated heterocycles. The Morgan fingerprint density at radius 1 is 1.25 bits per heavy atom. The molecule has 1 aliphatic rings. The van der Waals surface area contributed by atoms with Crippen LogP contribution in [-0.2, 0) is 14.9 Å². The fourth-order valence-electron chi connectivity index (χ4n) is 2.89. The SMILES string of the molecule is Cc1cc(C(C)(C)C)oc1C(=O)O[C@@H](C)C(=O)NC1CCCCC1. The molecule has 1 N–H and O–H groups in total. The Balaban J connectivity index is 1.95. The summed E-state index contributed by atoms with van der Waals surface area (Å²) in [5.74, 6) is 0.0771. The van der Waals surface area contributed by atoms with E-state index in [4.69, 9.17) is 9.15 Å². The lowest BCUT2D eigenvalue weighted by Crippen LogP contribution is -2.42. The molecule has 0 aliphatic heterocycles. The van der Waals surface area contributed by atoms with Crippen LogP contribution in [-0.4, -0.2) is 24.0 Å². The highest BCUT2D eigenvalue weighted by molar-refractivity contribution is 5.91. The zero-order valence-electron chi connectivity index (χ0n) is 15.4. The van der Waals surface area contributed by atoms with Gasteiger partial charge >= 0.3 is 5.97 Å². The molecular weight excluding hydrogens is 306 g/mol. The van der Waals surface area contributed by atoms with E-state index in [-0.39, 0.29) is 23.1 Å². The molecule has 0 spiro atoms. The predicted molar refractivity (Wildman–Crippen MR) is 92.0 cm³/mol. The third-order valence-corrected chi connectivity index (χ3v) is 4.45. The number of esters is 1. The smallest absolute Gasteiger partial charge is 0.375 e. The summed E-state index contributed by atoms with van der Waals surface area (Å²) in [6.45, 7) is 9.45. The lowest BCUT2D eigenvalue weighted by Gasteiger charge is -2.24. The number of amides is 1. The summed E-state index contributed by atoms with van der Waals surface area (Å²) >= 11 is 0. The van der Waals surface area contributed by atoms with Gasteiger partial charge in [-0.15, -0.1) is 0 Å². The summed E-state index contributed by atoms with van der Waals surface area (Å²) in [7, 11) is 0. The largest absolute Gasteiger partial charge is 0.453 e. The van der Waals surface area contributed by atoms with Gasteiger partial charge in [-0.25, -0.2) is 4.79 Å². The van der Waals surface area contributed by atoms with E-state index in [2.05, 4.69) is 5.32 Å². The Kier molecular flexibility index (Phi) is 5.73. The van der Waals surface area contributed by atoms with E-state index in [1.807, 2.05) is 33.8 Å². The Hall–Kier alpha value is -1.78. The third kappa shape index (κ3) is 4.62. The van der Waals surface area contributed by atoms with Gasteiger partial charge in [0.05, 0.1) is 0 Å². The first-order chi connectivity index (χ1) is 11.2. The number of furan rings is 1. The van der Waals surface area contributed by atoms with Gasteiger partial charge in [0.25, 0.3) is 5.91 Å². The number of ether oxygens (including phenoxy) is 1. The normalized spacial score (nSPS) is 17.4. The molecule has 1 aromatic heterocycles. The van der Waals surface area contributed by atoms with Crippen molar-refractivity contribution in [2.45, 2.75) is 84.3 Å². The van der Waals surface area contributed by atoms with Crippen LogP contribution < -0.4 is 5.32 Å². The number of rotatable bonds is 4. The van der Waals surface area contributed by atoms with Gasteiger partial charge in [0.2, 0.25) is 5.76 Å². The Labute approximate surface area is 144 Å². The highest BCUT2D eigenvalue weighted by Crippen LogP contribution is 2.27. The van der Waals surface area contributed by atoms with Crippen LogP contribution in [0.25, 0.3) is 0 Å². The third-order valence-electron chi connectivity index (χ3n) is 4.45. The second-order valence-electron chi connectivity index (χ2n) is 7.76. The molecule has 0 radical (unpaired) electrons. The molecular formula is C19H29NO4. The maximum atomic E-state index is 12.3. The predicted octanol–water partition coefficient (Wildman–Crippen LogP) is 3.88. The maximum absolute atomic E-state index is 12.3. The molecule has 1 fully saturated rings. The number of aryl methyl sites for hydroxylation is 1. The first-order valence-corrected chi connectivity index (χ1v) is 8.80. The molecule has 5 nitrogen and oxygen atoms in total. The van der Waals surface area contributed by atoms with Gasteiger partial charge in [0.15, 0.2) is 6.10 Å². The van der Waals surface area contributed by atoms with Crippen molar-refractivity contribution in [3.05, 3.63) is 23.2 Å². The van der Waals surface area contributed by atoms with Crippen molar-refractivity contribution in [3.63, 3.8) is 0 Å². The summed E-state index contributed by atoms with van der Waals surface area (Å²) in [5.41, 5.74) is 0.539. The minimum Gasteiger partial charge on any atom is -0.453 e. The fraction of sp³-hybridized carbons (Fsp3) is 0.684. The molecule has 5 heteroatoms. The second kappa shape index (κ2) is 7.41. The van der Waals surface area contributed by atoms with Gasteiger partial charge in [0, 0.05) is 17.0 Å². The van der Waals surface area contributed by atoms with Crippen molar-refractivity contribution in [2.75, 3.05) is 0 Å². The fourth-order valence-corrected chi connectivity index (χ4v) is 2.89. The average Bonchev–Trinajstić information content (AvgIpc) is 2.90. The molecule has 24 heavy (non-hydrogen) atoms. The van der Waals surface area contributed by atoms with E-state index in [0.29, 0.717) is 0 Å². The Morgan fingerprint density at radius 2 is 1.88 bits per heavy atom.